The Balaban J connectivity index is 1.60. The number of nitrogens with zero attached hydrogens (tertiary/aromatic N) is 1. The maximum absolute atomic E-state index is 14.4. The van der Waals surface area contributed by atoms with E-state index < -0.39 is 23.4 Å². The summed E-state index contributed by atoms with van der Waals surface area (Å²) in [4.78, 5) is 43.9. The first-order valence-electron chi connectivity index (χ1n) is 12.6. The van der Waals surface area contributed by atoms with Gasteiger partial charge in [0.15, 0.2) is 11.6 Å². The molecule has 1 N–H and O–H groups in total. The topological polar surface area (TPSA) is 66.5 Å². The van der Waals surface area contributed by atoms with Gasteiger partial charge in [-0.25, -0.2) is 0 Å². The van der Waals surface area contributed by atoms with Gasteiger partial charge in [0.25, 0.3) is 0 Å². The van der Waals surface area contributed by atoms with E-state index in [1.807, 2.05) is 89.8 Å². The van der Waals surface area contributed by atoms with E-state index in [4.69, 9.17) is 0 Å². The summed E-state index contributed by atoms with van der Waals surface area (Å²) in [5.74, 6) is -1.41. The average molecular weight is 477 g/mol. The fourth-order valence-corrected chi connectivity index (χ4v) is 6.58. The van der Waals surface area contributed by atoms with Gasteiger partial charge in [-0.15, -0.1) is 0 Å². The highest BCUT2D eigenvalue weighted by Gasteiger charge is 2.69. The summed E-state index contributed by atoms with van der Waals surface area (Å²) in [7, 11) is 0. The monoisotopic (exact) mass is 476 g/mol. The average Bonchev–Trinajstić information content (AvgIpc) is 3.37. The Bertz CT molecular complexity index is 1420. The lowest BCUT2D eigenvalue weighted by atomic mass is 9.64. The minimum absolute atomic E-state index is 0.125. The molecule has 5 nitrogen and oxygen atoms in total. The number of fused-ring (bicyclic) bond motifs is 6. The van der Waals surface area contributed by atoms with E-state index in [1.165, 1.54) is 6.92 Å². The lowest BCUT2D eigenvalue weighted by molar-refractivity contribution is -0.122. The van der Waals surface area contributed by atoms with E-state index in [-0.39, 0.29) is 17.5 Å². The van der Waals surface area contributed by atoms with Crippen LogP contribution in [-0.4, -0.2) is 29.6 Å². The maximum Gasteiger partial charge on any atom is 0.238 e. The second-order valence-electron chi connectivity index (χ2n) is 9.98. The van der Waals surface area contributed by atoms with Crippen LogP contribution < -0.4 is 10.2 Å². The van der Waals surface area contributed by atoms with Gasteiger partial charge in [-0.2, -0.15) is 0 Å². The van der Waals surface area contributed by atoms with E-state index >= 15 is 0 Å². The third-order valence-corrected chi connectivity index (χ3v) is 8.02. The lowest BCUT2D eigenvalue weighted by Gasteiger charge is -2.37. The van der Waals surface area contributed by atoms with Crippen LogP contribution in [0.4, 0.5) is 11.4 Å². The van der Waals surface area contributed by atoms with Crippen molar-refractivity contribution in [3.05, 3.63) is 101 Å². The van der Waals surface area contributed by atoms with Crippen molar-refractivity contribution in [3.63, 3.8) is 0 Å². The SMILES string of the molecule is CCCc1ccc(C(=O)C2C(C(C)=O)N3c4ccccc4C=CC3C23C(=O)Nc2ccccc23)cc1. The van der Waals surface area contributed by atoms with E-state index in [9.17, 15) is 14.4 Å². The molecule has 1 saturated heterocycles. The first kappa shape index (κ1) is 22.5. The molecule has 5 heteroatoms. The molecule has 3 aromatic carbocycles. The Kier molecular flexibility index (Phi) is 5.18. The molecule has 0 aromatic heterocycles. The van der Waals surface area contributed by atoms with Crippen molar-refractivity contribution in [1.82, 2.24) is 0 Å². The standard InChI is InChI=1S/C31H28N2O3/c1-3-8-20-13-15-22(16-14-20)29(35)27-28(19(2)34)33-25-12-7-4-9-21(25)17-18-26(33)31(27)23-10-5-6-11-24(23)32-30(31)36/h4-7,9-18,26-28H,3,8H2,1-2H3,(H,32,36). The van der Waals surface area contributed by atoms with Crippen LogP contribution in [0.25, 0.3) is 6.08 Å². The minimum Gasteiger partial charge on any atom is -0.352 e. The molecule has 180 valence electrons. The summed E-state index contributed by atoms with van der Waals surface area (Å²) in [6, 6.07) is 21.8. The fourth-order valence-electron chi connectivity index (χ4n) is 6.58. The molecule has 0 aliphatic carbocycles. The highest BCUT2D eigenvalue weighted by atomic mass is 16.2. The number of carbonyl (C=O) groups excluding carboxylic acids is 3. The van der Waals surface area contributed by atoms with Gasteiger partial charge in [-0.05, 0) is 42.2 Å². The first-order valence-corrected chi connectivity index (χ1v) is 12.6. The smallest absolute Gasteiger partial charge is 0.238 e. The summed E-state index contributed by atoms with van der Waals surface area (Å²) in [6.07, 6.45) is 5.96. The molecule has 3 aliphatic rings. The number of nitrogens with one attached hydrogen (secondary N) is 1. The predicted octanol–water partition coefficient (Wildman–Crippen LogP) is 5.20. The largest absolute Gasteiger partial charge is 0.352 e. The second-order valence-corrected chi connectivity index (χ2v) is 9.98. The molecule has 1 spiro atoms. The van der Waals surface area contributed by atoms with E-state index in [2.05, 4.69) is 12.2 Å². The summed E-state index contributed by atoms with van der Waals surface area (Å²) in [5, 5.41) is 3.05. The number of benzene rings is 3. The summed E-state index contributed by atoms with van der Waals surface area (Å²) in [5.41, 5.74) is 3.79. The molecule has 3 aromatic rings. The van der Waals surface area contributed by atoms with Crippen molar-refractivity contribution >= 4 is 34.9 Å². The highest BCUT2D eigenvalue weighted by molar-refractivity contribution is 6.16. The number of amides is 1. The summed E-state index contributed by atoms with van der Waals surface area (Å²) < 4.78 is 0. The molecule has 4 atom stereocenters. The molecule has 1 amide bonds. The highest BCUT2D eigenvalue weighted by Crippen LogP contribution is 2.57. The van der Waals surface area contributed by atoms with Crippen LogP contribution in [0.3, 0.4) is 0 Å². The molecule has 3 heterocycles. The molecule has 36 heavy (non-hydrogen) atoms. The zero-order valence-corrected chi connectivity index (χ0v) is 20.4. The van der Waals surface area contributed by atoms with Crippen LogP contribution in [0.1, 0.15) is 47.3 Å². The number of para-hydroxylation sites is 2. The van der Waals surface area contributed by atoms with Gasteiger partial charge in [0.1, 0.15) is 5.41 Å². The van der Waals surface area contributed by atoms with E-state index in [0.717, 1.165) is 35.2 Å². The molecule has 1 fully saturated rings. The molecule has 0 radical (unpaired) electrons. The van der Waals surface area contributed by atoms with Gasteiger partial charge >= 0.3 is 0 Å². The maximum atomic E-state index is 14.4. The van der Waals surface area contributed by atoms with Gasteiger partial charge < -0.3 is 10.2 Å². The molecule has 6 rings (SSSR count). The molecule has 3 aliphatic heterocycles. The number of carbonyl (C=O) groups is 3. The third-order valence-electron chi connectivity index (χ3n) is 8.02. The van der Waals surface area contributed by atoms with Crippen LogP contribution in [0.2, 0.25) is 0 Å². The second kappa shape index (κ2) is 8.30. The number of aryl methyl sites for hydroxylation is 1. The van der Waals surface area contributed by atoms with Crippen molar-refractivity contribution in [1.29, 1.82) is 0 Å². The number of hydrogen-bond acceptors (Lipinski definition) is 4. The quantitative estimate of drug-likeness (QED) is 0.514. The predicted molar refractivity (Wildman–Crippen MR) is 141 cm³/mol. The number of Topliss-reactive ketones (excluding diaryl/α,β-unsaturated/α-hetero) is 2. The molecule has 0 bridgehead atoms. The van der Waals surface area contributed by atoms with E-state index in [1.54, 1.807) is 0 Å². The zero-order valence-electron chi connectivity index (χ0n) is 20.4. The van der Waals surface area contributed by atoms with E-state index in [0.29, 0.717) is 11.3 Å². The van der Waals surface area contributed by atoms with Crippen molar-refractivity contribution in [2.75, 3.05) is 10.2 Å². The Morgan fingerprint density at radius 3 is 2.44 bits per heavy atom. The Morgan fingerprint density at radius 2 is 1.69 bits per heavy atom. The van der Waals surface area contributed by atoms with Crippen molar-refractivity contribution in [2.45, 2.75) is 44.2 Å². The Hall–Kier alpha value is -3.99. The van der Waals surface area contributed by atoms with Crippen molar-refractivity contribution in [2.24, 2.45) is 5.92 Å². The van der Waals surface area contributed by atoms with Crippen LogP contribution in [-0.2, 0) is 21.4 Å². The molecule has 4 unspecified atom stereocenters. The number of ketones is 2. The number of hydrogen-bond donors (Lipinski definition) is 1. The van der Waals surface area contributed by atoms with Gasteiger partial charge in [0.05, 0.1) is 18.0 Å². The van der Waals surface area contributed by atoms with Gasteiger partial charge in [-0.3, -0.25) is 14.4 Å². The number of rotatable bonds is 5. The van der Waals surface area contributed by atoms with Crippen molar-refractivity contribution < 1.29 is 14.4 Å². The van der Waals surface area contributed by atoms with Gasteiger partial charge in [0, 0.05) is 16.9 Å². The van der Waals surface area contributed by atoms with Gasteiger partial charge in [0.2, 0.25) is 5.91 Å². The molecular weight excluding hydrogens is 448 g/mol. The molecular formula is C31H28N2O3. The van der Waals surface area contributed by atoms with Crippen LogP contribution in [0.5, 0.6) is 0 Å². The Morgan fingerprint density at radius 1 is 0.972 bits per heavy atom. The zero-order chi connectivity index (χ0) is 25.0. The first-order chi connectivity index (χ1) is 17.5. The van der Waals surface area contributed by atoms with Crippen molar-refractivity contribution in [3.8, 4) is 0 Å². The normalized spacial score (nSPS) is 25.3. The molecule has 0 saturated carbocycles. The fraction of sp³-hybridized carbons (Fsp3) is 0.258. The van der Waals surface area contributed by atoms with Gasteiger partial charge in [-0.1, -0.05) is 86.2 Å². The Labute approximate surface area is 210 Å². The summed E-state index contributed by atoms with van der Waals surface area (Å²) in [6.45, 7) is 3.65. The minimum atomic E-state index is -1.23. The number of anilines is 2. The van der Waals surface area contributed by atoms with Crippen LogP contribution in [0.15, 0.2) is 78.9 Å². The summed E-state index contributed by atoms with van der Waals surface area (Å²) >= 11 is 0. The van der Waals surface area contributed by atoms with Crippen LogP contribution >= 0.6 is 0 Å². The third kappa shape index (κ3) is 2.98. The lowest BCUT2D eigenvalue weighted by Crippen LogP contribution is -2.51. The van der Waals surface area contributed by atoms with Crippen LogP contribution in [0, 0.1) is 5.92 Å².